The first-order valence-electron chi connectivity index (χ1n) is 3.82. The van der Waals surface area contributed by atoms with E-state index < -0.39 is 0 Å². The monoisotopic (exact) mass is 741 g/mol. The van der Waals surface area contributed by atoms with E-state index in [1.165, 1.54) is 13.8 Å². The van der Waals surface area contributed by atoms with Gasteiger partial charge < -0.3 is 28.5 Å². The van der Waals surface area contributed by atoms with Crippen molar-refractivity contribution < 1.29 is 72.8 Å². The minimum Gasteiger partial charge on any atom is -0.671 e. The second-order valence-corrected chi connectivity index (χ2v) is 1.76. The molecule has 0 saturated heterocycles. The van der Waals surface area contributed by atoms with Crippen molar-refractivity contribution in [1.82, 2.24) is 0 Å². The Kier molecular flexibility index (Phi) is 119. The van der Waals surface area contributed by atoms with E-state index in [9.17, 15) is 9.59 Å². The van der Waals surface area contributed by atoms with Crippen LogP contribution in [-0.4, -0.2) is 24.7 Å². The Labute approximate surface area is 143 Å². The number of nitrogens with one attached hydrogen (secondary N) is 2. The molecule has 0 aromatic heterocycles. The molecule has 0 aliphatic rings. The molecular formula is C9H21N2O2W3-3. The summed E-state index contributed by atoms with van der Waals surface area (Å²) < 4.78 is 0. The van der Waals surface area contributed by atoms with Crippen molar-refractivity contribution in [1.29, 1.82) is 0 Å². The summed E-state index contributed by atoms with van der Waals surface area (Å²) >= 11 is 0. The third-order valence-electron chi connectivity index (χ3n) is 0.498. The maximum Gasteiger partial charge on any atom is 0.109 e. The number of hydrogen-bond acceptors (Lipinski definition) is 2. The summed E-state index contributed by atoms with van der Waals surface area (Å²) in [5.41, 5.74) is 12.6. The maximum absolute atomic E-state index is 9.62. The molecule has 0 unspecified atom stereocenters. The van der Waals surface area contributed by atoms with E-state index in [-0.39, 0.29) is 95.3 Å². The molecule has 0 aliphatic carbocycles. The average Bonchev–Trinajstić information content (AvgIpc) is 2.09. The van der Waals surface area contributed by atoms with Gasteiger partial charge in [0.25, 0.3) is 0 Å². The van der Waals surface area contributed by atoms with Crippen molar-refractivity contribution in [2.75, 3.05) is 13.1 Å². The zero-order chi connectivity index (χ0) is 10.6. The molecule has 0 rings (SSSR count). The van der Waals surface area contributed by atoms with Crippen molar-refractivity contribution in [2.24, 2.45) is 0 Å². The molecular weight excluding hydrogens is 720 g/mol. The van der Waals surface area contributed by atoms with Crippen LogP contribution >= 0.6 is 0 Å². The largest absolute Gasteiger partial charge is 0.671 e. The Bertz CT molecular complexity index is 111. The molecule has 0 atom stereocenters. The fraction of sp³-hybridized carbons (Fsp3) is 0.667. The van der Waals surface area contributed by atoms with Gasteiger partial charge in [-0.05, 0) is 13.8 Å². The Hall–Kier alpha value is 1.32. The molecule has 0 bridgehead atoms. The molecule has 0 heterocycles. The zero-order valence-corrected chi connectivity index (χ0v) is 19.3. The predicted molar refractivity (Wildman–Crippen MR) is 57.5 cm³/mol. The van der Waals surface area contributed by atoms with Crippen LogP contribution < -0.4 is 0 Å². The average molecular weight is 741 g/mol. The van der Waals surface area contributed by atoms with Gasteiger partial charge in [-0.3, -0.25) is 0 Å². The predicted octanol–water partition coefficient (Wildman–Crippen LogP) is 2.72. The number of Topliss-reactive ketones (excluding diaryl/α,β-unsaturated/α-hetero) is 2. The van der Waals surface area contributed by atoms with Gasteiger partial charge in [0.05, 0.1) is 0 Å². The molecule has 0 aliphatic heterocycles. The SMILES string of the molecule is CC.CC(=O)C[NH-].CC(=O)C[NH-].[CH3-].[W].[W].[W]. The fourth-order valence-electron chi connectivity index (χ4n) is 0. The van der Waals surface area contributed by atoms with E-state index in [1.54, 1.807) is 0 Å². The molecule has 0 spiro atoms. The molecule has 4 nitrogen and oxygen atoms in total. The summed E-state index contributed by atoms with van der Waals surface area (Å²) in [7, 11) is 0. The standard InChI is InChI=1S/2C3H6NO.C2H6.CH3.3W/c2*1-3(5)2-4;1-2;;;;/h2*4H,2H2,1H3;1-2H3;1H3;;;/q2*-1;;-1;;;. The minimum absolute atomic E-state index is 0. The number of carbonyl (C=O) groups excluding carboxylic acids is 2. The fourth-order valence-corrected chi connectivity index (χ4v) is 0. The van der Waals surface area contributed by atoms with Crippen LogP contribution in [0.2, 0.25) is 0 Å². The van der Waals surface area contributed by atoms with Crippen molar-refractivity contribution in [3.05, 3.63) is 18.9 Å². The second kappa shape index (κ2) is 44.1. The molecule has 100 valence electrons. The molecule has 0 radical (unpaired) electrons. The van der Waals surface area contributed by atoms with Gasteiger partial charge in [-0.2, -0.15) is 0 Å². The van der Waals surface area contributed by atoms with Crippen molar-refractivity contribution >= 4 is 11.6 Å². The first kappa shape index (κ1) is 43.3. The molecule has 2 N–H and O–H groups in total. The molecule has 0 aromatic rings. The van der Waals surface area contributed by atoms with Crippen LogP contribution in [0.15, 0.2) is 0 Å². The van der Waals surface area contributed by atoms with Gasteiger partial charge in [0.15, 0.2) is 0 Å². The Morgan fingerprint density at radius 1 is 0.812 bits per heavy atom. The number of carbonyl (C=O) groups is 2. The first-order chi connectivity index (χ1) is 5.54. The summed E-state index contributed by atoms with van der Waals surface area (Å²) in [5, 5.41) is 0. The van der Waals surface area contributed by atoms with Crippen molar-refractivity contribution in [2.45, 2.75) is 27.7 Å². The van der Waals surface area contributed by atoms with Crippen molar-refractivity contribution in [3.8, 4) is 0 Å². The second-order valence-electron chi connectivity index (χ2n) is 1.76. The van der Waals surface area contributed by atoms with Gasteiger partial charge in [0.1, 0.15) is 11.6 Å². The van der Waals surface area contributed by atoms with Gasteiger partial charge in [0, 0.05) is 63.2 Å². The molecule has 7 heteroatoms. The van der Waals surface area contributed by atoms with Crippen LogP contribution in [0.25, 0.3) is 11.5 Å². The van der Waals surface area contributed by atoms with Crippen LogP contribution in [0, 0.1) is 7.43 Å². The van der Waals surface area contributed by atoms with Crippen LogP contribution in [-0.2, 0) is 72.8 Å². The number of hydrogen-bond donors (Lipinski definition) is 0. The van der Waals surface area contributed by atoms with E-state index in [0.29, 0.717) is 0 Å². The van der Waals surface area contributed by atoms with Crippen LogP contribution in [0.4, 0.5) is 0 Å². The van der Waals surface area contributed by atoms with E-state index in [2.05, 4.69) is 0 Å². The first-order valence-corrected chi connectivity index (χ1v) is 3.82. The third kappa shape index (κ3) is 111. The Balaban J connectivity index is -0.0000000144. The molecule has 0 amide bonds. The smallest absolute Gasteiger partial charge is 0.109 e. The van der Waals surface area contributed by atoms with Crippen LogP contribution in [0.5, 0.6) is 0 Å². The number of rotatable bonds is 2. The molecule has 0 saturated carbocycles. The van der Waals surface area contributed by atoms with Crippen LogP contribution in [0.3, 0.4) is 0 Å². The molecule has 0 fully saturated rings. The van der Waals surface area contributed by atoms with Gasteiger partial charge >= 0.3 is 0 Å². The molecule has 16 heavy (non-hydrogen) atoms. The normalized spacial score (nSPS) is 5.12. The zero-order valence-electron chi connectivity index (χ0n) is 10.5. The molecule has 0 aromatic carbocycles. The van der Waals surface area contributed by atoms with E-state index in [0.717, 1.165) is 0 Å². The summed E-state index contributed by atoms with van der Waals surface area (Å²) in [5.74, 6) is -0.157. The van der Waals surface area contributed by atoms with Gasteiger partial charge in [-0.15, -0.1) is 0 Å². The number of ketones is 2. The van der Waals surface area contributed by atoms with Crippen molar-refractivity contribution in [3.63, 3.8) is 0 Å². The van der Waals surface area contributed by atoms with Gasteiger partial charge in [0.2, 0.25) is 0 Å². The van der Waals surface area contributed by atoms with E-state index in [1.807, 2.05) is 13.8 Å². The summed E-state index contributed by atoms with van der Waals surface area (Å²) in [6.07, 6.45) is 0. The Morgan fingerprint density at radius 2 is 0.875 bits per heavy atom. The summed E-state index contributed by atoms with van der Waals surface area (Å²) in [4.78, 5) is 19.2. The minimum atomic E-state index is -0.0833. The van der Waals surface area contributed by atoms with Crippen LogP contribution in [0.1, 0.15) is 27.7 Å². The van der Waals surface area contributed by atoms with E-state index in [4.69, 9.17) is 11.5 Å². The summed E-state index contributed by atoms with van der Waals surface area (Å²) in [6.45, 7) is 6.62. The maximum atomic E-state index is 9.62. The summed E-state index contributed by atoms with van der Waals surface area (Å²) in [6, 6.07) is 0. The van der Waals surface area contributed by atoms with E-state index >= 15 is 0 Å². The quantitative estimate of drug-likeness (QED) is 0.409. The third-order valence-corrected chi connectivity index (χ3v) is 0.498. The topological polar surface area (TPSA) is 81.7 Å². The van der Waals surface area contributed by atoms with Gasteiger partial charge in [-0.1, -0.05) is 26.9 Å². The van der Waals surface area contributed by atoms with Gasteiger partial charge in [-0.25, -0.2) is 0 Å². The Morgan fingerprint density at radius 3 is 0.875 bits per heavy atom.